The van der Waals surface area contributed by atoms with Crippen molar-refractivity contribution in [2.45, 2.75) is 71.2 Å². The lowest BCUT2D eigenvalue weighted by Gasteiger charge is -2.36. The Morgan fingerprint density at radius 1 is 1.33 bits per heavy atom. The van der Waals surface area contributed by atoms with Gasteiger partial charge < -0.3 is 29.9 Å². The SMILES string of the molecule is C/C(=C\CCC(C)C)c1ccc(CO[C@H]2C[C@@H](O)[C@H](O)[C@@H](CO)O2)cc1O. The molecular formula is C21H32O6. The molecule has 0 bridgehead atoms. The van der Waals surface area contributed by atoms with Gasteiger partial charge in [-0.3, -0.25) is 0 Å². The lowest BCUT2D eigenvalue weighted by Crippen LogP contribution is -2.50. The van der Waals surface area contributed by atoms with Crippen LogP contribution in [0, 0.1) is 5.92 Å². The van der Waals surface area contributed by atoms with Gasteiger partial charge in [-0.05, 0) is 42.9 Å². The van der Waals surface area contributed by atoms with Gasteiger partial charge in [-0.15, -0.1) is 0 Å². The highest BCUT2D eigenvalue weighted by Crippen LogP contribution is 2.28. The number of rotatable bonds is 8. The third kappa shape index (κ3) is 6.30. The van der Waals surface area contributed by atoms with Crippen LogP contribution in [-0.2, 0) is 16.1 Å². The van der Waals surface area contributed by atoms with E-state index in [4.69, 9.17) is 9.47 Å². The van der Waals surface area contributed by atoms with Crippen LogP contribution in [0.3, 0.4) is 0 Å². The summed E-state index contributed by atoms with van der Waals surface area (Å²) in [6.45, 7) is 6.16. The smallest absolute Gasteiger partial charge is 0.161 e. The number of benzene rings is 1. The maximum Gasteiger partial charge on any atom is 0.161 e. The van der Waals surface area contributed by atoms with E-state index in [1.807, 2.05) is 19.1 Å². The molecule has 152 valence electrons. The van der Waals surface area contributed by atoms with Crippen molar-refractivity contribution < 1.29 is 29.9 Å². The van der Waals surface area contributed by atoms with E-state index in [1.165, 1.54) is 0 Å². The van der Waals surface area contributed by atoms with Gasteiger partial charge in [0.25, 0.3) is 0 Å². The summed E-state index contributed by atoms with van der Waals surface area (Å²) in [5.74, 6) is 0.844. The Labute approximate surface area is 161 Å². The summed E-state index contributed by atoms with van der Waals surface area (Å²) in [4.78, 5) is 0. The highest BCUT2D eigenvalue weighted by atomic mass is 16.7. The van der Waals surface area contributed by atoms with Crippen molar-refractivity contribution >= 4 is 5.57 Å². The van der Waals surface area contributed by atoms with Crippen LogP contribution in [0.15, 0.2) is 24.3 Å². The van der Waals surface area contributed by atoms with Gasteiger partial charge in [0.15, 0.2) is 6.29 Å². The lowest BCUT2D eigenvalue weighted by molar-refractivity contribution is -0.260. The molecule has 0 saturated carbocycles. The van der Waals surface area contributed by atoms with Crippen LogP contribution in [0.25, 0.3) is 5.57 Å². The number of phenols is 1. The molecule has 0 radical (unpaired) electrons. The number of aromatic hydroxyl groups is 1. The van der Waals surface area contributed by atoms with E-state index in [2.05, 4.69) is 19.9 Å². The van der Waals surface area contributed by atoms with E-state index < -0.39 is 31.2 Å². The molecule has 6 nitrogen and oxygen atoms in total. The van der Waals surface area contributed by atoms with E-state index in [0.29, 0.717) is 5.92 Å². The Hall–Kier alpha value is -1.44. The Morgan fingerprint density at radius 3 is 2.70 bits per heavy atom. The number of phenolic OH excluding ortho intramolecular Hbond substituents is 1. The summed E-state index contributed by atoms with van der Waals surface area (Å²) < 4.78 is 11.1. The summed E-state index contributed by atoms with van der Waals surface area (Å²) >= 11 is 0. The molecule has 2 rings (SSSR count). The molecule has 0 aliphatic carbocycles. The zero-order valence-corrected chi connectivity index (χ0v) is 16.3. The van der Waals surface area contributed by atoms with E-state index >= 15 is 0 Å². The van der Waals surface area contributed by atoms with Crippen LogP contribution in [0.4, 0.5) is 0 Å². The van der Waals surface area contributed by atoms with E-state index in [9.17, 15) is 20.4 Å². The lowest BCUT2D eigenvalue weighted by atomic mass is 10.0. The quantitative estimate of drug-likeness (QED) is 0.553. The monoisotopic (exact) mass is 380 g/mol. The molecule has 1 aliphatic heterocycles. The van der Waals surface area contributed by atoms with Crippen LogP contribution in [-0.4, -0.2) is 51.6 Å². The number of allylic oxidation sites excluding steroid dienone is 2. The molecule has 1 aromatic carbocycles. The van der Waals surface area contributed by atoms with Crippen LogP contribution in [0.2, 0.25) is 0 Å². The topological polar surface area (TPSA) is 99.4 Å². The molecule has 1 aromatic rings. The second kappa shape index (κ2) is 10.2. The Kier molecular flexibility index (Phi) is 8.26. The van der Waals surface area contributed by atoms with Gasteiger partial charge in [0.05, 0.1) is 19.3 Å². The molecule has 1 saturated heterocycles. The van der Waals surface area contributed by atoms with Crippen molar-refractivity contribution in [1.29, 1.82) is 0 Å². The molecule has 6 heteroatoms. The van der Waals surface area contributed by atoms with Crippen molar-refractivity contribution in [3.8, 4) is 5.75 Å². The fourth-order valence-electron chi connectivity index (χ4n) is 3.11. The van der Waals surface area contributed by atoms with Crippen molar-refractivity contribution in [1.82, 2.24) is 0 Å². The van der Waals surface area contributed by atoms with Gasteiger partial charge >= 0.3 is 0 Å². The third-order valence-corrected chi connectivity index (χ3v) is 4.83. The van der Waals surface area contributed by atoms with Crippen molar-refractivity contribution in [2.24, 2.45) is 5.92 Å². The highest BCUT2D eigenvalue weighted by molar-refractivity contribution is 5.69. The van der Waals surface area contributed by atoms with Crippen LogP contribution >= 0.6 is 0 Å². The van der Waals surface area contributed by atoms with Gasteiger partial charge in [-0.2, -0.15) is 0 Å². The van der Waals surface area contributed by atoms with Gasteiger partial charge in [-0.1, -0.05) is 32.1 Å². The zero-order chi connectivity index (χ0) is 20.0. The fourth-order valence-corrected chi connectivity index (χ4v) is 3.11. The number of hydrogen-bond acceptors (Lipinski definition) is 6. The molecule has 0 amide bonds. The molecule has 4 atom stereocenters. The second-order valence-electron chi connectivity index (χ2n) is 7.60. The first-order chi connectivity index (χ1) is 12.8. The van der Waals surface area contributed by atoms with Gasteiger partial charge in [-0.25, -0.2) is 0 Å². The van der Waals surface area contributed by atoms with Gasteiger partial charge in [0.2, 0.25) is 0 Å². The number of aliphatic hydroxyl groups excluding tert-OH is 3. The maximum atomic E-state index is 10.3. The Balaban J connectivity index is 1.94. The summed E-state index contributed by atoms with van der Waals surface area (Å²) in [6.07, 6.45) is 0.642. The fraction of sp³-hybridized carbons (Fsp3) is 0.619. The largest absolute Gasteiger partial charge is 0.507 e. The molecule has 0 unspecified atom stereocenters. The van der Waals surface area contributed by atoms with Crippen molar-refractivity contribution in [3.05, 3.63) is 35.4 Å². The molecule has 1 aliphatic rings. The minimum atomic E-state index is -1.12. The molecule has 1 heterocycles. The standard InChI is InChI=1S/C21H32O6/c1-13(2)5-4-6-14(3)16-8-7-15(9-17(16)23)12-26-20-10-18(24)21(25)19(11-22)27-20/h6-9,13,18-25H,4-5,10-12H2,1-3H3/b14-6+/t18-,19-,20-,21+/m1/s1. The first kappa shape index (κ1) is 21.9. The average molecular weight is 380 g/mol. The second-order valence-corrected chi connectivity index (χ2v) is 7.60. The molecule has 1 fully saturated rings. The first-order valence-corrected chi connectivity index (χ1v) is 9.54. The normalized spacial score (nSPS) is 26.6. The number of hydrogen-bond donors (Lipinski definition) is 4. The molecule has 27 heavy (non-hydrogen) atoms. The van der Waals surface area contributed by atoms with E-state index in [1.54, 1.807) is 6.07 Å². The van der Waals surface area contributed by atoms with Gasteiger partial charge in [0, 0.05) is 12.0 Å². The number of ether oxygens (including phenoxy) is 2. The van der Waals surface area contributed by atoms with Crippen molar-refractivity contribution in [3.63, 3.8) is 0 Å². The molecule has 4 N–H and O–H groups in total. The summed E-state index contributed by atoms with van der Waals surface area (Å²) in [6, 6.07) is 5.41. The Bertz CT molecular complexity index is 627. The summed E-state index contributed by atoms with van der Waals surface area (Å²) in [7, 11) is 0. The minimum Gasteiger partial charge on any atom is -0.507 e. The van der Waals surface area contributed by atoms with Crippen LogP contribution in [0.5, 0.6) is 5.75 Å². The van der Waals surface area contributed by atoms with Gasteiger partial charge in [0.1, 0.15) is 18.0 Å². The van der Waals surface area contributed by atoms with Crippen LogP contribution in [0.1, 0.15) is 51.2 Å². The highest BCUT2D eigenvalue weighted by Gasteiger charge is 2.36. The molecule has 0 aromatic heterocycles. The third-order valence-electron chi connectivity index (χ3n) is 4.83. The number of aliphatic hydroxyl groups is 3. The summed E-state index contributed by atoms with van der Waals surface area (Å²) in [5, 5.41) is 39.1. The predicted molar refractivity (Wildman–Crippen MR) is 103 cm³/mol. The maximum absolute atomic E-state index is 10.3. The van der Waals surface area contributed by atoms with Crippen LogP contribution < -0.4 is 0 Å². The zero-order valence-electron chi connectivity index (χ0n) is 16.3. The minimum absolute atomic E-state index is 0.124. The van der Waals surface area contributed by atoms with E-state index in [0.717, 1.165) is 29.5 Å². The Morgan fingerprint density at radius 2 is 2.07 bits per heavy atom. The van der Waals surface area contributed by atoms with E-state index in [-0.39, 0.29) is 18.8 Å². The predicted octanol–water partition coefficient (Wildman–Crippen LogP) is 2.58. The average Bonchev–Trinajstić information content (AvgIpc) is 2.62. The summed E-state index contributed by atoms with van der Waals surface area (Å²) in [5.41, 5.74) is 2.62. The first-order valence-electron chi connectivity index (χ1n) is 9.54. The molecule has 0 spiro atoms. The van der Waals surface area contributed by atoms with Crippen molar-refractivity contribution in [2.75, 3.05) is 6.61 Å². The molecular weight excluding hydrogens is 348 g/mol.